The zero-order valence-corrected chi connectivity index (χ0v) is 12.6. The van der Waals surface area contributed by atoms with Gasteiger partial charge >= 0.3 is 0 Å². The Labute approximate surface area is 129 Å². The summed E-state index contributed by atoms with van der Waals surface area (Å²) in [5.74, 6) is 0.0513. The lowest BCUT2D eigenvalue weighted by molar-refractivity contribution is 0.318. The van der Waals surface area contributed by atoms with Gasteiger partial charge in [-0.15, -0.1) is 0 Å². The fraction of sp³-hybridized carbons (Fsp3) is 0.188. The largest absolute Gasteiger partial charge is 0.409 e. The molecule has 0 unspecified atom stereocenters. The van der Waals surface area contributed by atoms with Crippen molar-refractivity contribution < 1.29 is 5.21 Å². The Hall–Kier alpha value is -2.20. The summed E-state index contributed by atoms with van der Waals surface area (Å²) < 4.78 is 0. The summed E-state index contributed by atoms with van der Waals surface area (Å²) in [7, 11) is 1.99. The molecule has 0 aliphatic heterocycles. The van der Waals surface area contributed by atoms with Crippen molar-refractivity contribution in [2.45, 2.75) is 6.42 Å². The van der Waals surface area contributed by atoms with Crippen LogP contribution in [0.2, 0.25) is 5.02 Å². The van der Waals surface area contributed by atoms with Gasteiger partial charge in [0.25, 0.3) is 0 Å². The van der Waals surface area contributed by atoms with Crippen LogP contribution in [0.4, 0.5) is 5.69 Å². The quantitative estimate of drug-likeness (QED) is 0.386. The average molecular weight is 304 g/mol. The number of hydrogen-bond donors (Lipinski definition) is 2. The molecule has 0 amide bonds. The highest BCUT2D eigenvalue weighted by Gasteiger charge is 2.09. The molecule has 0 saturated carbocycles. The molecule has 2 aromatic carbocycles. The van der Waals surface area contributed by atoms with E-state index in [1.54, 1.807) is 12.1 Å². The van der Waals surface area contributed by atoms with E-state index < -0.39 is 0 Å². The number of hydrogen-bond acceptors (Lipinski definition) is 3. The number of likely N-dealkylation sites (N-methyl/N-ethyl adjacent to an activating group) is 1. The molecular formula is C16H18ClN3O. The number of rotatable bonds is 5. The summed E-state index contributed by atoms with van der Waals surface area (Å²) in [6.07, 6.45) is 0.940. The van der Waals surface area contributed by atoms with E-state index in [1.165, 1.54) is 5.56 Å². The first-order valence-corrected chi connectivity index (χ1v) is 7.02. The minimum atomic E-state index is 0.0513. The molecule has 0 saturated heterocycles. The van der Waals surface area contributed by atoms with E-state index in [1.807, 2.05) is 31.3 Å². The predicted octanol–water partition coefficient (Wildman–Crippen LogP) is 3.11. The Kier molecular flexibility index (Phi) is 5.06. The van der Waals surface area contributed by atoms with Crippen LogP contribution in [0.3, 0.4) is 0 Å². The van der Waals surface area contributed by atoms with Crippen molar-refractivity contribution in [2.24, 2.45) is 10.9 Å². The highest BCUT2D eigenvalue weighted by Crippen LogP contribution is 2.26. The molecule has 2 rings (SSSR count). The zero-order chi connectivity index (χ0) is 15.2. The number of anilines is 1. The maximum Gasteiger partial charge on any atom is 0.170 e. The Bertz CT molecular complexity index is 629. The molecular weight excluding hydrogens is 286 g/mol. The van der Waals surface area contributed by atoms with Gasteiger partial charge in [0.15, 0.2) is 5.84 Å². The Morgan fingerprint density at radius 1 is 1.24 bits per heavy atom. The van der Waals surface area contributed by atoms with Crippen molar-refractivity contribution >= 4 is 23.1 Å². The number of benzene rings is 2. The SMILES string of the molecule is CN(CCc1ccccc1)c1ccc(C(N)=NO)cc1Cl. The third kappa shape index (κ3) is 3.89. The minimum Gasteiger partial charge on any atom is -0.409 e. The second kappa shape index (κ2) is 6.99. The summed E-state index contributed by atoms with van der Waals surface area (Å²) >= 11 is 6.27. The fourth-order valence-corrected chi connectivity index (χ4v) is 2.42. The minimum absolute atomic E-state index is 0.0513. The van der Waals surface area contributed by atoms with Crippen LogP contribution in [0.15, 0.2) is 53.7 Å². The topological polar surface area (TPSA) is 61.8 Å². The monoisotopic (exact) mass is 303 g/mol. The van der Waals surface area contributed by atoms with Crippen molar-refractivity contribution in [1.82, 2.24) is 0 Å². The van der Waals surface area contributed by atoms with Gasteiger partial charge in [-0.05, 0) is 30.2 Å². The van der Waals surface area contributed by atoms with Gasteiger partial charge in [0.05, 0.1) is 10.7 Å². The Morgan fingerprint density at radius 2 is 1.95 bits per heavy atom. The molecule has 0 aromatic heterocycles. The second-order valence-electron chi connectivity index (χ2n) is 4.81. The van der Waals surface area contributed by atoms with Gasteiger partial charge in [-0.25, -0.2) is 0 Å². The van der Waals surface area contributed by atoms with Gasteiger partial charge in [-0.1, -0.05) is 47.1 Å². The predicted molar refractivity (Wildman–Crippen MR) is 87.4 cm³/mol. The number of halogens is 1. The number of amidine groups is 1. The second-order valence-corrected chi connectivity index (χ2v) is 5.22. The van der Waals surface area contributed by atoms with Crippen LogP contribution < -0.4 is 10.6 Å². The van der Waals surface area contributed by atoms with E-state index in [9.17, 15) is 0 Å². The van der Waals surface area contributed by atoms with Crippen LogP contribution in [0.5, 0.6) is 0 Å². The van der Waals surface area contributed by atoms with Crippen molar-refractivity contribution in [1.29, 1.82) is 0 Å². The van der Waals surface area contributed by atoms with Crippen LogP contribution >= 0.6 is 11.6 Å². The van der Waals surface area contributed by atoms with Gasteiger partial charge in [-0.2, -0.15) is 0 Å². The molecule has 4 nitrogen and oxygen atoms in total. The van der Waals surface area contributed by atoms with Gasteiger partial charge in [0.2, 0.25) is 0 Å². The summed E-state index contributed by atoms with van der Waals surface area (Å²) in [4.78, 5) is 2.09. The molecule has 110 valence electrons. The lowest BCUT2D eigenvalue weighted by Crippen LogP contribution is -2.21. The lowest BCUT2D eigenvalue weighted by Gasteiger charge is -2.21. The molecule has 0 aliphatic carbocycles. The third-order valence-electron chi connectivity index (χ3n) is 3.34. The van der Waals surface area contributed by atoms with Crippen LogP contribution in [0.25, 0.3) is 0 Å². The molecule has 0 atom stereocenters. The summed E-state index contributed by atoms with van der Waals surface area (Å²) in [5, 5.41) is 12.2. The zero-order valence-electron chi connectivity index (χ0n) is 11.8. The molecule has 21 heavy (non-hydrogen) atoms. The standard InChI is InChI=1S/C16H18ClN3O/c1-20(10-9-12-5-3-2-4-6-12)15-8-7-13(11-14(15)17)16(18)19-21/h2-8,11,21H,9-10H2,1H3,(H2,18,19). The van der Waals surface area contributed by atoms with E-state index in [0.717, 1.165) is 18.7 Å². The smallest absolute Gasteiger partial charge is 0.170 e. The highest BCUT2D eigenvalue weighted by atomic mass is 35.5. The van der Waals surface area contributed by atoms with Gasteiger partial charge in [-0.3, -0.25) is 0 Å². The molecule has 5 heteroatoms. The summed E-state index contributed by atoms with van der Waals surface area (Å²) in [5.41, 5.74) is 8.36. The third-order valence-corrected chi connectivity index (χ3v) is 3.64. The maximum absolute atomic E-state index is 8.68. The summed E-state index contributed by atoms with van der Waals surface area (Å²) in [6.45, 7) is 0.854. The molecule has 0 spiro atoms. The number of nitrogens with two attached hydrogens (primary N) is 1. The molecule has 0 heterocycles. The van der Waals surface area contributed by atoms with Gasteiger partial charge in [0.1, 0.15) is 0 Å². The molecule has 0 radical (unpaired) electrons. The molecule has 0 fully saturated rings. The van der Waals surface area contributed by atoms with Crippen LogP contribution in [-0.2, 0) is 6.42 Å². The summed E-state index contributed by atoms with van der Waals surface area (Å²) in [6, 6.07) is 15.7. The Morgan fingerprint density at radius 3 is 2.57 bits per heavy atom. The molecule has 0 bridgehead atoms. The van der Waals surface area contributed by atoms with Crippen molar-refractivity contribution in [3.05, 3.63) is 64.7 Å². The van der Waals surface area contributed by atoms with Crippen LogP contribution in [-0.4, -0.2) is 24.6 Å². The van der Waals surface area contributed by atoms with Crippen LogP contribution in [0, 0.1) is 0 Å². The van der Waals surface area contributed by atoms with Crippen LogP contribution in [0.1, 0.15) is 11.1 Å². The van der Waals surface area contributed by atoms with Crippen molar-refractivity contribution in [2.75, 3.05) is 18.5 Å². The first kappa shape index (κ1) is 15.2. The first-order valence-electron chi connectivity index (χ1n) is 6.64. The normalized spacial score (nSPS) is 11.4. The molecule has 3 N–H and O–H groups in total. The molecule has 0 aliphatic rings. The van der Waals surface area contributed by atoms with E-state index in [0.29, 0.717) is 10.6 Å². The van der Waals surface area contributed by atoms with Gasteiger partial charge in [0, 0.05) is 19.2 Å². The number of oxime groups is 1. The first-order chi connectivity index (χ1) is 10.1. The van der Waals surface area contributed by atoms with Crippen molar-refractivity contribution in [3.8, 4) is 0 Å². The number of nitrogens with zero attached hydrogens (tertiary/aromatic N) is 2. The Balaban J connectivity index is 2.07. The molecule has 2 aromatic rings. The van der Waals surface area contributed by atoms with E-state index >= 15 is 0 Å². The van der Waals surface area contributed by atoms with E-state index in [2.05, 4.69) is 22.2 Å². The van der Waals surface area contributed by atoms with Crippen molar-refractivity contribution in [3.63, 3.8) is 0 Å². The van der Waals surface area contributed by atoms with E-state index in [4.69, 9.17) is 22.5 Å². The van der Waals surface area contributed by atoms with Gasteiger partial charge < -0.3 is 15.8 Å². The maximum atomic E-state index is 8.68. The average Bonchev–Trinajstić information content (AvgIpc) is 2.52. The highest BCUT2D eigenvalue weighted by molar-refractivity contribution is 6.33. The lowest BCUT2D eigenvalue weighted by atomic mass is 10.1. The van der Waals surface area contributed by atoms with E-state index in [-0.39, 0.29) is 5.84 Å². The fourth-order valence-electron chi connectivity index (χ4n) is 2.10.